The zero-order valence-corrected chi connectivity index (χ0v) is 21.3. The smallest absolute Gasteiger partial charge is 0.312 e. The van der Waals surface area contributed by atoms with Crippen LogP contribution in [0.4, 0.5) is 0 Å². The lowest BCUT2D eigenvalue weighted by atomic mass is 9.70. The number of aliphatic hydroxyl groups excluding tert-OH is 1. The first-order valence-corrected chi connectivity index (χ1v) is 12.5. The Labute approximate surface area is 212 Å². The van der Waals surface area contributed by atoms with Crippen LogP contribution in [-0.4, -0.2) is 75.7 Å². The quantitative estimate of drug-likeness (QED) is 0.417. The van der Waals surface area contributed by atoms with E-state index in [-0.39, 0.29) is 31.6 Å². The molecule has 194 valence electrons. The second-order valence-electron chi connectivity index (χ2n) is 10.7. The zero-order valence-electron chi connectivity index (χ0n) is 21.3. The molecule has 0 saturated carbocycles. The van der Waals surface area contributed by atoms with Crippen molar-refractivity contribution in [2.75, 3.05) is 19.8 Å². The van der Waals surface area contributed by atoms with Crippen LogP contribution in [0.1, 0.15) is 45.2 Å². The normalized spacial score (nSPS) is 29.6. The maximum atomic E-state index is 14.4. The summed E-state index contributed by atoms with van der Waals surface area (Å²) in [5, 5.41) is 10.5. The molecule has 3 saturated heterocycles. The largest absolute Gasteiger partial charge is 0.461 e. The summed E-state index contributed by atoms with van der Waals surface area (Å²) < 4.78 is 11.8. The lowest BCUT2D eigenvalue weighted by molar-refractivity contribution is -0.157. The van der Waals surface area contributed by atoms with Crippen LogP contribution in [-0.2, 0) is 23.9 Å². The second kappa shape index (κ2) is 9.82. The summed E-state index contributed by atoms with van der Waals surface area (Å²) in [5.74, 6) is -2.86. The van der Waals surface area contributed by atoms with Gasteiger partial charge in [-0.15, -0.1) is 6.58 Å². The highest BCUT2D eigenvalue weighted by Crippen LogP contribution is 2.60. The Morgan fingerprint density at radius 1 is 1.28 bits per heavy atom. The fourth-order valence-corrected chi connectivity index (χ4v) is 6.21. The monoisotopic (exact) mass is 496 g/mol. The fraction of sp³-hybridized carbons (Fsp3) is 0.536. The predicted octanol–water partition coefficient (Wildman–Crippen LogP) is 2.64. The number of benzene rings is 1. The molecule has 3 heterocycles. The average molecular weight is 497 g/mol. The molecule has 3 aliphatic rings. The maximum Gasteiger partial charge on any atom is 0.312 e. The molecule has 0 aliphatic carbocycles. The molecule has 1 aromatic carbocycles. The summed E-state index contributed by atoms with van der Waals surface area (Å²) in [6, 6.07) is 7.36. The van der Waals surface area contributed by atoms with Crippen LogP contribution in [0.25, 0.3) is 0 Å². The lowest BCUT2D eigenvalue weighted by Gasteiger charge is -2.43. The van der Waals surface area contributed by atoms with E-state index in [0.29, 0.717) is 18.4 Å². The van der Waals surface area contributed by atoms with Gasteiger partial charge in [-0.05, 0) is 39.2 Å². The first-order valence-electron chi connectivity index (χ1n) is 12.5. The number of nitrogens with zero attached hydrogens (tertiary/aromatic N) is 2. The highest BCUT2D eigenvalue weighted by atomic mass is 16.6. The molecule has 2 amide bonds. The molecule has 1 spiro atoms. The standard InChI is InChI=1S/C28H36N2O6/c1-6-15-29(27(3,4)5)25(33)23-28-14-13-20(36-28)21(26(34)35-16-7-2)22(28)24(32)30(23)19(17-31)18-11-9-8-10-12-18/h6-12,19-23,31H,1-2,13-17H2,3-5H3/t19-,20+,21-,22+,23?,28?/m1/s1. The topological polar surface area (TPSA) is 96.4 Å². The van der Waals surface area contributed by atoms with Crippen LogP contribution < -0.4 is 0 Å². The summed E-state index contributed by atoms with van der Waals surface area (Å²) in [4.78, 5) is 44.8. The number of carbonyl (C=O) groups is 3. The molecule has 1 N–H and O–H groups in total. The highest BCUT2D eigenvalue weighted by Gasteiger charge is 2.76. The Kier molecular flexibility index (Phi) is 7.12. The summed E-state index contributed by atoms with van der Waals surface area (Å²) in [6.07, 6.45) is 3.64. The minimum absolute atomic E-state index is 0.0302. The third-order valence-corrected chi connectivity index (χ3v) is 7.67. The van der Waals surface area contributed by atoms with Crippen LogP contribution in [0, 0.1) is 11.8 Å². The van der Waals surface area contributed by atoms with Gasteiger partial charge in [-0.25, -0.2) is 0 Å². The van der Waals surface area contributed by atoms with Crippen LogP contribution in [0.15, 0.2) is 55.6 Å². The van der Waals surface area contributed by atoms with E-state index in [4.69, 9.17) is 9.47 Å². The third kappa shape index (κ3) is 4.06. The SMILES string of the molecule is C=CCOC(=O)[C@@H]1[C@@H]2CCC3(O2)C(C(=O)N(CC=C)C(C)(C)C)N([C@H](CO)c2ccccc2)C(=O)[C@H]13. The van der Waals surface area contributed by atoms with E-state index in [0.717, 1.165) is 0 Å². The number of fused-ring (bicyclic) bond motifs is 1. The van der Waals surface area contributed by atoms with Gasteiger partial charge in [-0.3, -0.25) is 14.4 Å². The number of hydrogen-bond acceptors (Lipinski definition) is 6. The van der Waals surface area contributed by atoms with Crippen molar-refractivity contribution in [2.45, 2.75) is 62.9 Å². The van der Waals surface area contributed by atoms with Crippen LogP contribution in [0.5, 0.6) is 0 Å². The fourth-order valence-electron chi connectivity index (χ4n) is 6.21. The van der Waals surface area contributed by atoms with Gasteiger partial charge in [0.1, 0.15) is 18.2 Å². The summed E-state index contributed by atoms with van der Waals surface area (Å²) in [7, 11) is 0. The molecule has 3 fully saturated rings. The molecular formula is C28H36N2O6. The Morgan fingerprint density at radius 2 is 1.97 bits per heavy atom. The first kappa shape index (κ1) is 26.1. The molecule has 8 heteroatoms. The van der Waals surface area contributed by atoms with Crippen molar-refractivity contribution in [2.24, 2.45) is 11.8 Å². The van der Waals surface area contributed by atoms with Gasteiger partial charge in [0.05, 0.1) is 30.6 Å². The highest BCUT2D eigenvalue weighted by molar-refractivity contribution is 5.98. The van der Waals surface area contributed by atoms with E-state index in [1.807, 2.05) is 51.1 Å². The summed E-state index contributed by atoms with van der Waals surface area (Å²) in [6.45, 7) is 13.1. The van der Waals surface area contributed by atoms with Crippen molar-refractivity contribution in [1.29, 1.82) is 0 Å². The maximum absolute atomic E-state index is 14.4. The van der Waals surface area contributed by atoms with Crippen molar-refractivity contribution in [3.8, 4) is 0 Å². The van der Waals surface area contributed by atoms with Crippen molar-refractivity contribution < 1.29 is 29.0 Å². The van der Waals surface area contributed by atoms with Crippen molar-refractivity contribution in [1.82, 2.24) is 9.80 Å². The van der Waals surface area contributed by atoms with Gasteiger partial charge in [0.2, 0.25) is 11.8 Å². The first-order chi connectivity index (χ1) is 17.1. The summed E-state index contributed by atoms with van der Waals surface area (Å²) >= 11 is 0. The van der Waals surface area contributed by atoms with Gasteiger partial charge in [0, 0.05) is 12.1 Å². The number of likely N-dealkylation sites (tertiary alicyclic amines) is 1. The van der Waals surface area contributed by atoms with Crippen molar-refractivity contribution in [3.05, 3.63) is 61.2 Å². The van der Waals surface area contributed by atoms with Gasteiger partial charge in [0.25, 0.3) is 0 Å². The average Bonchev–Trinajstić information content (AvgIpc) is 3.49. The van der Waals surface area contributed by atoms with Gasteiger partial charge in [-0.1, -0.05) is 49.1 Å². The number of amides is 2. The minimum atomic E-state index is -1.18. The Bertz CT molecular complexity index is 1030. The van der Waals surface area contributed by atoms with Gasteiger partial charge < -0.3 is 24.4 Å². The Morgan fingerprint density at radius 3 is 2.56 bits per heavy atom. The van der Waals surface area contributed by atoms with Crippen LogP contribution in [0.3, 0.4) is 0 Å². The minimum Gasteiger partial charge on any atom is -0.461 e. The molecule has 36 heavy (non-hydrogen) atoms. The van der Waals surface area contributed by atoms with E-state index in [1.54, 1.807) is 11.0 Å². The molecule has 2 unspecified atom stereocenters. The third-order valence-electron chi connectivity index (χ3n) is 7.67. The summed E-state index contributed by atoms with van der Waals surface area (Å²) in [5.41, 5.74) is -1.03. The van der Waals surface area contributed by atoms with Gasteiger partial charge >= 0.3 is 5.97 Å². The number of rotatable bonds is 9. The van der Waals surface area contributed by atoms with Gasteiger partial charge in [-0.2, -0.15) is 0 Å². The van der Waals surface area contributed by atoms with E-state index in [2.05, 4.69) is 13.2 Å². The molecular weight excluding hydrogens is 460 g/mol. The lowest BCUT2D eigenvalue weighted by Crippen LogP contribution is -2.60. The molecule has 1 aromatic rings. The predicted molar refractivity (Wildman–Crippen MR) is 134 cm³/mol. The van der Waals surface area contributed by atoms with E-state index >= 15 is 0 Å². The molecule has 0 radical (unpaired) electrons. The number of ether oxygens (including phenoxy) is 2. The number of carbonyl (C=O) groups excluding carboxylic acids is 3. The van der Waals surface area contributed by atoms with E-state index in [1.165, 1.54) is 11.0 Å². The molecule has 8 nitrogen and oxygen atoms in total. The zero-order chi connectivity index (χ0) is 26.3. The Hall–Kier alpha value is -2.97. The van der Waals surface area contributed by atoms with Crippen LogP contribution >= 0.6 is 0 Å². The number of hydrogen-bond donors (Lipinski definition) is 1. The van der Waals surface area contributed by atoms with Crippen molar-refractivity contribution in [3.63, 3.8) is 0 Å². The molecule has 4 rings (SSSR count). The van der Waals surface area contributed by atoms with E-state index < -0.39 is 47.1 Å². The number of esters is 1. The Balaban J connectivity index is 1.84. The van der Waals surface area contributed by atoms with Crippen LogP contribution in [0.2, 0.25) is 0 Å². The second-order valence-corrected chi connectivity index (χ2v) is 10.7. The molecule has 3 aliphatic heterocycles. The molecule has 0 aromatic heterocycles. The van der Waals surface area contributed by atoms with Crippen molar-refractivity contribution >= 4 is 17.8 Å². The molecule has 2 bridgehead atoms. The van der Waals surface area contributed by atoms with Gasteiger partial charge in [0.15, 0.2) is 0 Å². The molecule has 6 atom stereocenters. The number of aliphatic hydroxyl groups is 1. The van der Waals surface area contributed by atoms with E-state index in [9.17, 15) is 19.5 Å².